The molecular weight excluding hydrogens is 234 g/mol. The van der Waals surface area contributed by atoms with Gasteiger partial charge in [-0.15, -0.1) is 0 Å². The van der Waals surface area contributed by atoms with E-state index in [9.17, 15) is 0 Å². The summed E-state index contributed by atoms with van der Waals surface area (Å²) in [6.07, 6.45) is 9.59. The molecule has 0 spiro atoms. The number of fused-ring (bicyclic) bond motifs is 1. The van der Waals surface area contributed by atoms with Crippen LogP contribution in [0.2, 0.25) is 0 Å². The zero-order valence-corrected chi connectivity index (χ0v) is 12.9. The fourth-order valence-corrected chi connectivity index (χ4v) is 3.17. The molecule has 0 saturated carbocycles. The van der Waals surface area contributed by atoms with Crippen LogP contribution in [0, 0.1) is 5.92 Å². The predicted octanol–water partition coefficient (Wildman–Crippen LogP) is 3.60. The summed E-state index contributed by atoms with van der Waals surface area (Å²) in [4.78, 5) is 0. The van der Waals surface area contributed by atoms with E-state index < -0.39 is 0 Å². The van der Waals surface area contributed by atoms with E-state index in [1.165, 1.54) is 49.8 Å². The smallest absolute Gasteiger partial charge is 0.0540 e. The first-order chi connectivity index (χ1) is 9.15. The van der Waals surface area contributed by atoms with Gasteiger partial charge in [0.05, 0.1) is 6.20 Å². The van der Waals surface area contributed by atoms with Crippen LogP contribution in [0.4, 0.5) is 0 Å². The molecule has 3 unspecified atom stereocenters. The number of aromatic nitrogens is 2. The Labute approximate surface area is 117 Å². The third-order valence-electron chi connectivity index (χ3n) is 4.69. The first-order valence-corrected chi connectivity index (χ1v) is 7.92. The van der Waals surface area contributed by atoms with Gasteiger partial charge in [-0.05, 0) is 38.0 Å². The second-order valence-corrected chi connectivity index (χ2v) is 6.14. The highest BCUT2D eigenvalue weighted by molar-refractivity contribution is 5.24. The number of hydrogen-bond donors (Lipinski definition) is 1. The summed E-state index contributed by atoms with van der Waals surface area (Å²) in [5, 5.41) is 8.32. The third-order valence-corrected chi connectivity index (χ3v) is 4.69. The van der Waals surface area contributed by atoms with Gasteiger partial charge in [-0.2, -0.15) is 5.10 Å². The molecule has 0 saturated heterocycles. The van der Waals surface area contributed by atoms with E-state index in [-0.39, 0.29) is 0 Å². The Bertz CT molecular complexity index is 397. The lowest BCUT2D eigenvalue weighted by molar-refractivity contribution is 0.330. The van der Waals surface area contributed by atoms with Crippen molar-refractivity contribution in [2.75, 3.05) is 0 Å². The van der Waals surface area contributed by atoms with Crippen molar-refractivity contribution in [1.82, 2.24) is 15.1 Å². The van der Waals surface area contributed by atoms with Crippen LogP contribution in [0.3, 0.4) is 0 Å². The molecular formula is C16H29N3. The molecule has 0 aliphatic heterocycles. The Morgan fingerprint density at radius 3 is 2.89 bits per heavy atom. The molecule has 0 amide bonds. The molecule has 3 atom stereocenters. The van der Waals surface area contributed by atoms with Crippen molar-refractivity contribution in [3.63, 3.8) is 0 Å². The molecule has 1 aliphatic rings. The van der Waals surface area contributed by atoms with Gasteiger partial charge in [0.25, 0.3) is 0 Å². The lowest BCUT2D eigenvalue weighted by Crippen LogP contribution is -2.35. The van der Waals surface area contributed by atoms with E-state index >= 15 is 0 Å². The second-order valence-electron chi connectivity index (χ2n) is 6.14. The van der Waals surface area contributed by atoms with Crippen molar-refractivity contribution in [3.05, 3.63) is 17.5 Å². The van der Waals surface area contributed by atoms with E-state index in [2.05, 4.69) is 49.1 Å². The Morgan fingerprint density at radius 1 is 1.42 bits per heavy atom. The molecule has 1 heterocycles. The first kappa shape index (κ1) is 14.6. The van der Waals surface area contributed by atoms with Gasteiger partial charge in [-0.1, -0.05) is 27.2 Å². The van der Waals surface area contributed by atoms with Gasteiger partial charge < -0.3 is 5.32 Å². The summed E-state index contributed by atoms with van der Waals surface area (Å²) in [7, 11) is 2.07. The second kappa shape index (κ2) is 6.56. The molecule has 19 heavy (non-hydrogen) atoms. The average Bonchev–Trinajstić information content (AvgIpc) is 2.80. The lowest BCUT2D eigenvalue weighted by Gasteiger charge is -2.29. The minimum Gasteiger partial charge on any atom is -0.307 e. The lowest BCUT2D eigenvalue weighted by atomic mass is 9.90. The number of aryl methyl sites for hydroxylation is 1. The maximum absolute atomic E-state index is 4.44. The van der Waals surface area contributed by atoms with Crippen molar-refractivity contribution < 1.29 is 0 Å². The minimum atomic E-state index is 0.520. The number of rotatable bonds is 6. The molecule has 0 bridgehead atoms. The van der Waals surface area contributed by atoms with Crippen LogP contribution in [-0.4, -0.2) is 15.8 Å². The van der Waals surface area contributed by atoms with Gasteiger partial charge in [-0.3, -0.25) is 4.68 Å². The standard InChI is InChI=1S/C16H29N3/c1-5-12(3)10-13(6-2)18-15-8-7-9-16-14(15)11-17-19(16)4/h11-13,15,18H,5-10H2,1-4H3. The molecule has 108 valence electrons. The molecule has 3 heteroatoms. The van der Waals surface area contributed by atoms with E-state index in [0.717, 1.165) is 5.92 Å². The number of nitrogens with zero attached hydrogens (tertiary/aromatic N) is 2. The number of nitrogens with one attached hydrogen (secondary N) is 1. The van der Waals surface area contributed by atoms with Crippen molar-refractivity contribution in [1.29, 1.82) is 0 Å². The Morgan fingerprint density at radius 2 is 2.21 bits per heavy atom. The summed E-state index contributed by atoms with van der Waals surface area (Å²) >= 11 is 0. The molecule has 0 fully saturated rings. The van der Waals surface area contributed by atoms with E-state index in [1.54, 1.807) is 0 Å². The number of hydrogen-bond acceptors (Lipinski definition) is 2. The molecule has 2 rings (SSSR count). The molecule has 0 radical (unpaired) electrons. The first-order valence-electron chi connectivity index (χ1n) is 7.92. The van der Waals surface area contributed by atoms with Crippen molar-refractivity contribution >= 4 is 0 Å². The molecule has 1 aromatic rings. The van der Waals surface area contributed by atoms with Gasteiger partial charge in [-0.25, -0.2) is 0 Å². The maximum Gasteiger partial charge on any atom is 0.0540 e. The van der Waals surface area contributed by atoms with Crippen LogP contribution < -0.4 is 5.32 Å². The van der Waals surface area contributed by atoms with Crippen LogP contribution in [0.1, 0.15) is 70.2 Å². The van der Waals surface area contributed by atoms with Gasteiger partial charge in [0.1, 0.15) is 0 Å². The zero-order valence-electron chi connectivity index (χ0n) is 12.9. The van der Waals surface area contributed by atoms with E-state index in [0.29, 0.717) is 12.1 Å². The molecule has 1 aliphatic carbocycles. The third kappa shape index (κ3) is 3.38. The molecule has 1 aromatic heterocycles. The summed E-state index contributed by atoms with van der Waals surface area (Å²) in [5.74, 6) is 0.814. The SMILES string of the molecule is CCC(C)CC(CC)NC1CCCc2c1cnn2C. The highest BCUT2D eigenvalue weighted by Crippen LogP contribution is 2.30. The van der Waals surface area contributed by atoms with Crippen molar-refractivity contribution in [2.24, 2.45) is 13.0 Å². The highest BCUT2D eigenvalue weighted by Gasteiger charge is 2.25. The monoisotopic (exact) mass is 263 g/mol. The Kier molecular flexibility index (Phi) is 5.03. The van der Waals surface area contributed by atoms with Crippen molar-refractivity contribution in [3.8, 4) is 0 Å². The summed E-state index contributed by atoms with van der Waals surface area (Å²) in [5.41, 5.74) is 2.87. The molecule has 0 aromatic carbocycles. The van der Waals surface area contributed by atoms with Gasteiger partial charge in [0, 0.05) is 30.4 Å². The average molecular weight is 263 g/mol. The summed E-state index contributed by atoms with van der Waals surface area (Å²) in [6, 6.07) is 1.16. The van der Waals surface area contributed by atoms with Crippen molar-refractivity contribution in [2.45, 2.75) is 71.4 Å². The Balaban J connectivity index is 2.02. The van der Waals surface area contributed by atoms with E-state index in [1.807, 2.05) is 0 Å². The summed E-state index contributed by atoms with van der Waals surface area (Å²) < 4.78 is 2.05. The highest BCUT2D eigenvalue weighted by atomic mass is 15.3. The van der Waals surface area contributed by atoms with Gasteiger partial charge in [0.15, 0.2) is 0 Å². The van der Waals surface area contributed by atoms with Crippen LogP contribution in [-0.2, 0) is 13.5 Å². The Hall–Kier alpha value is -0.830. The van der Waals surface area contributed by atoms with Crippen LogP contribution >= 0.6 is 0 Å². The summed E-state index contributed by atoms with van der Waals surface area (Å²) in [6.45, 7) is 6.95. The van der Waals surface area contributed by atoms with E-state index in [4.69, 9.17) is 0 Å². The maximum atomic E-state index is 4.44. The fourth-order valence-electron chi connectivity index (χ4n) is 3.17. The van der Waals surface area contributed by atoms with Gasteiger partial charge in [0.2, 0.25) is 0 Å². The minimum absolute atomic E-state index is 0.520. The fraction of sp³-hybridized carbons (Fsp3) is 0.812. The predicted molar refractivity (Wildman–Crippen MR) is 80.2 cm³/mol. The van der Waals surface area contributed by atoms with Crippen LogP contribution in [0.15, 0.2) is 6.20 Å². The normalized spacial score (nSPS) is 22.0. The van der Waals surface area contributed by atoms with Gasteiger partial charge >= 0.3 is 0 Å². The largest absolute Gasteiger partial charge is 0.307 e. The quantitative estimate of drug-likeness (QED) is 0.850. The zero-order chi connectivity index (χ0) is 13.8. The molecule has 3 nitrogen and oxygen atoms in total. The molecule has 1 N–H and O–H groups in total. The topological polar surface area (TPSA) is 29.9 Å². The van der Waals surface area contributed by atoms with Crippen LogP contribution in [0.25, 0.3) is 0 Å². The van der Waals surface area contributed by atoms with Crippen LogP contribution in [0.5, 0.6) is 0 Å².